The summed E-state index contributed by atoms with van der Waals surface area (Å²) in [6.07, 6.45) is 1.42. The van der Waals surface area contributed by atoms with Gasteiger partial charge in [-0.15, -0.1) is 0 Å². The van der Waals surface area contributed by atoms with Crippen molar-refractivity contribution in [1.29, 1.82) is 0 Å². The number of carbonyl (C=O) groups excluding carboxylic acids is 1. The summed E-state index contributed by atoms with van der Waals surface area (Å²) in [5.41, 5.74) is 0.0596. The number of methoxy groups -OCH3 is 1. The average Bonchev–Trinajstić information content (AvgIpc) is 2.56. The fourth-order valence-electron chi connectivity index (χ4n) is 2.03. The molecule has 0 saturated carbocycles. The molecule has 2 heterocycles. The summed E-state index contributed by atoms with van der Waals surface area (Å²) < 4.78 is 37.5. The topological polar surface area (TPSA) is 85.4 Å². The fraction of sp³-hybridized carbons (Fsp3) is 0.353. The molecule has 1 amide bonds. The standard InChI is InChI=1S/C17H20F2N4O3/c1-11(24)21-16-9-12(13(10-20-16)26-8-7-25-3)22-15-6-4-5-14(23-15)17(2,18)19/h4-6,9-10H,7-8H2,1-3H3,(H2,20,21,22,23,24). The number of nitrogens with one attached hydrogen (secondary N) is 2. The third-order valence-corrected chi connectivity index (χ3v) is 3.18. The molecule has 0 unspecified atom stereocenters. The zero-order valence-corrected chi connectivity index (χ0v) is 14.7. The van der Waals surface area contributed by atoms with Crippen LogP contribution in [0, 0.1) is 0 Å². The number of pyridine rings is 2. The summed E-state index contributed by atoms with van der Waals surface area (Å²) in [4.78, 5) is 19.2. The van der Waals surface area contributed by atoms with Gasteiger partial charge in [-0.3, -0.25) is 4.79 Å². The molecule has 2 rings (SSSR count). The second-order valence-electron chi connectivity index (χ2n) is 5.51. The highest BCUT2D eigenvalue weighted by atomic mass is 19.3. The summed E-state index contributed by atoms with van der Waals surface area (Å²) in [7, 11) is 1.54. The van der Waals surface area contributed by atoms with E-state index in [-0.39, 0.29) is 29.8 Å². The number of ether oxygens (including phenoxy) is 2. The monoisotopic (exact) mass is 366 g/mol. The molecule has 0 aromatic carbocycles. The number of alkyl halides is 2. The molecule has 0 aliphatic rings. The van der Waals surface area contributed by atoms with Gasteiger partial charge in [0.2, 0.25) is 5.91 Å². The molecule has 26 heavy (non-hydrogen) atoms. The molecular weight excluding hydrogens is 346 g/mol. The van der Waals surface area contributed by atoms with Gasteiger partial charge in [-0.25, -0.2) is 9.97 Å². The number of nitrogens with zero attached hydrogens (tertiary/aromatic N) is 2. The maximum Gasteiger partial charge on any atom is 0.287 e. The van der Waals surface area contributed by atoms with Crippen molar-refractivity contribution in [2.24, 2.45) is 0 Å². The lowest BCUT2D eigenvalue weighted by Gasteiger charge is -2.15. The first-order chi connectivity index (χ1) is 12.3. The molecule has 0 atom stereocenters. The zero-order valence-electron chi connectivity index (χ0n) is 14.7. The molecule has 0 fully saturated rings. The van der Waals surface area contributed by atoms with Crippen LogP contribution in [0.4, 0.5) is 26.1 Å². The summed E-state index contributed by atoms with van der Waals surface area (Å²) in [6.45, 7) is 2.77. The van der Waals surface area contributed by atoms with Gasteiger partial charge >= 0.3 is 0 Å². The van der Waals surface area contributed by atoms with E-state index in [1.165, 1.54) is 31.3 Å². The van der Waals surface area contributed by atoms with E-state index in [1.807, 2.05) is 0 Å². The minimum Gasteiger partial charge on any atom is -0.487 e. The molecule has 140 valence electrons. The van der Waals surface area contributed by atoms with E-state index in [4.69, 9.17) is 9.47 Å². The van der Waals surface area contributed by atoms with Gasteiger partial charge in [-0.2, -0.15) is 8.78 Å². The molecule has 7 nitrogen and oxygen atoms in total. The largest absolute Gasteiger partial charge is 0.487 e. The maximum atomic E-state index is 13.5. The average molecular weight is 366 g/mol. The van der Waals surface area contributed by atoms with E-state index in [0.29, 0.717) is 18.0 Å². The molecule has 0 radical (unpaired) electrons. The molecule has 2 aromatic rings. The molecular formula is C17H20F2N4O3. The zero-order chi connectivity index (χ0) is 19.2. The van der Waals surface area contributed by atoms with Gasteiger partial charge in [0.05, 0.1) is 18.5 Å². The fourth-order valence-corrected chi connectivity index (χ4v) is 2.03. The van der Waals surface area contributed by atoms with E-state index >= 15 is 0 Å². The third kappa shape index (κ3) is 5.62. The minimum absolute atomic E-state index is 0.209. The maximum absolute atomic E-state index is 13.5. The lowest BCUT2D eigenvalue weighted by Crippen LogP contribution is -2.12. The molecule has 2 aromatic heterocycles. The highest BCUT2D eigenvalue weighted by molar-refractivity contribution is 5.88. The van der Waals surface area contributed by atoms with Crippen molar-refractivity contribution < 1.29 is 23.0 Å². The predicted molar refractivity (Wildman–Crippen MR) is 93.0 cm³/mol. The number of aromatic nitrogens is 2. The van der Waals surface area contributed by atoms with Crippen LogP contribution in [0.5, 0.6) is 5.75 Å². The highest BCUT2D eigenvalue weighted by Crippen LogP contribution is 2.31. The van der Waals surface area contributed by atoms with Crippen molar-refractivity contribution in [1.82, 2.24) is 9.97 Å². The van der Waals surface area contributed by atoms with Crippen molar-refractivity contribution in [3.05, 3.63) is 36.2 Å². The first kappa shape index (κ1) is 19.5. The Morgan fingerprint density at radius 1 is 1.27 bits per heavy atom. The van der Waals surface area contributed by atoms with Crippen molar-refractivity contribution in [2.75, 3.05) is 31.0 Å². The molecule has 0 aliphatic carbocycles. The Morgan fingerprint density at radius 2 is 2.04 bits per heavy atom. The smallest absolute Gasteiger partial charge is 0.287 e. The Bertz CT molecular complexity index is 766. The highest BCUT2D eigenvalue weighted by Gasteiger charge is 2.26. The van der Waals surface area contributed by atoms with Gasteiger partial charge in [0.1, 0.15) is 23.9 Å². The lowest BCUT2D eigenvalue weighted by molar-refractivity contribution is -0.114. The van der Waals surface area contributed by atoms with E-state index in [2.05, 4.69) is 20.6 Å². The predicted octanol–water partition coefficient (Wildman–Crippen LogP) is 3.32. The number of hydrogen-bond donors (Lipinski definition) is 2. The second kappa shape index (κ2) is 8.52. The molecule has 0 aliphatic heterocycles. The van der Waals surface area contributed by atoms with Gasteiger partial charge in [0.15, 0.2) is 5.75 Å². The van der Waals surface area contributed by atoms with Crippen LogP contribution in [-0.4, -0.2) is 36.2 Å². The van der Waals surface area contributed by atoms with Crippen LogP contribution in [0.2, 0.25) is 0 Å². The van der Waals surface area contributed by atoms with Gasteiger partial charge in [-0.1, -0.05) is 6.07 Å². The van der Waals surface area contributed by atoms with E-state index in [9.17, 15) is 13.6 Å². The third-order valence-electron chi connectivity index (χ3n) is 3.18. The summed E-state index contributed by atoms with van der Waals surface area (Å²) in [5, 5.41) is 5.47. The van der Waals surface area contributed by atoms with E-state index in [0.717, 1.165) is 6.92 Å². The number of hydrogen-bond acceptors (Lipinski definition) is 6. The summed E-state index contributed by atoms with van der Waals surface area (Å²) in [5.74, 6) is -2.49. The first-order valence-electron chi connectivity index (χ1n) is 7.81. The van der Waals surface area contributed by atoms with Crippen molar-refractivity contribution in [3.8, 4) is 5.75 Å². The second-order valence-corrected chi connectivity index (χ2v) is 5.51. The van der Waals surface area contributed by atoms with Crippen LogP contribution < -0.4 is 15.4 Å². The molecule has 9 heteroatoms. The Labute approximate surface area is 149 Å². The molecule has 0 saturated heterocycles. The Morgan fingerprint density at radius 3 is 2.69 bits per heavy atom. The van der Waals surface area contributed by atoms with Crippen LogP contribution in [0.25, 0.3) is 0 Å². The molecule has 2 N–H and O–H groups in total. The number of anilines is 3. The van der Waals surface area contributed by atoms with Crippen molar-refractivity contribution in [2.45, 2.75) is 19.8 Å². The van der Waals surface area contributed by atoms with Crippen LogP contribution >= 0.6 is 0 Å². The molecule has 0 spiro atoms. The SMILES string of the molecule is COCCOc1cnc(NC(C)=O)cc1Nc1cccc(C(C)(F)F)n1. The quantitative estimate of drug-likeness (QED) is 0.697. The van der Waals surface area contributed by atoms with Gasteiger partial charge in [0.25, 0.3) is 5.92 Å². The van der Waals surface area contributed by atoms with E-state index < -0.39 is 5.92 Å². The van der Waals surface area contributed by atoms with E-state index in [1.54, 1.807) is 13.2 Å². The van der Waals surface area contributed by atoms with Gasteiger partial charge in [-0.05, 0) is 12.1 Å². The summed E-state index contributed by atoms with van der Waals surface area (Å²) >= 11 is 0. The Hall–Kier alpha value is -2.81. The van der Waals surface area contributed by atoms with Crippen LogP contribution in [-0.2, 0) is 15.5 Å². The van der Waals surface area contributed by atoms with Crippen LogP contribution in [0.1, 0.15) is 19.5 Å². The van der Waals surface area contributed by atoms with Gasteiger partial charge < -0.3 is 20.1 Å². The first-order valence-corrected chi connectivity index (χ1v) is 7.81. The van der Waals surface area contributed by atoms with Crippen molar-refractivity contribution in [3.63, 3.8) is 0 Å². The number of amides is 1. The van der Waals surface area contributed by atoms with Crippen LogP contribution in [0.15, 0.2) is 30.5 Å². The van der Waals surface area contributed by atoms with Crippen molar-refractivity contribution >= 4 is 23.2 Å². The lowest BCUT2D eigenvalue weighted by atomic mass is 10.2. The normalized spacial score (nSPS) is 11.1. The van der Waals surface area contributed by atoms with Gasteiger partial charge in [0, 0.05) is 27.0 Å². The summed E-state index contributed by atoms with van der Waals surface area (Å²) in [6, 6.07) is 5.80. The Kier molecular flexibility index (Phi) is 6.40. The number of halogens is 2. The van der Waals surface area contributed by atoms with Crippen LogP contribution in [0.3, 0.4) is 0 Å². The number of rotatable bonds is 8. The Balaban J connectivity index is 2.30. The number of carbonyl (C=O) groups is 1. The molecule has 0 bridgehead atoms. The minimum atomic E-state index is -3.06.